The Balaban J connectivity index is 2.11. The van der Waals surface area contributed by atoms with E-state index >= 15 is 0 Å². The van der Waals surface area contributed by atoms with Crippen LogP contribution in [-0.2, 0) is 13.0 Å². The van der Waals surface area contributed by atoms with Crippen LogP contribution in [0.3, 0.4) is 0 Å². The Morgan fingerprint density at radius 1 is 1.56 bits per heavy atom. The van der Waals surface area contributed by atoms with Crippen LogP contribution in [0.15, 0.2) is 29.9 Å². The molecule has 0 saturated heterocycles. The molecular formula is C12H14N2OS. The van der Waals surface area contributed by atoms with Gasteiger partial charge in [-0.15, -0.1) is 11.3 Å². The molecule has 0 N–H and O–H groups in total. The van der Waals surface area contributed by atoms with Gasteiger partial charge in [-0.1, -0.05) is 13.0 Å². The number of nitrogens with zero attached hydrogens (tertiary/aromatic N) is 2. The molecule has 0 fully saturated rings. The highest BCUT2D eigenvalue weighted by atomic mass is 32.1. The molecule has 2 rings (SSSR count). The maximum Gasteiger partial charge on any atom is 0.203 e. The van der Waals surface area contributed by atoms with Gasteiger partial charge in [0.05, 0.1) is 0 Å². The molecule has 0 aliphatic heterocycles. The van der Waals surface area contributed by atoms with E-state index in [0.29, 0.717) is 12.2 Å². The van der Waals surface area contributed by atoms with Gasteiger partial charge in [-0.3, -0.25) is 4.79 Å². The minimum Gasteiger partial charge on any atom is -0.329 e. The molecule has 84 valence electrons. The summed E-state index contributed by atoms with van der Waals surface area (Å²) in [6.45, 7) is 2.94. The van der Waals surface area contributed by atoms with Gasteiger partial charge in [0.1, 0.15) is 0 Å². The van der Waals surface area contributed by atoms with E-state index in [0.717, 1.165) is 17.8 Å². The van der Waals surface area contributed by atoms with Crippen LogP contribution < -0.4 is 0 Å². The second-order valence-corrected chi connectivity index (χ2v) is 4.66. The Hall–Kier alpha value is -1.42. The van der Waals surface area contributed by atoms with Gasteiger partial charge in [0.25, 0.3) is 0 Å². The van der Waals surface area contributed by atoms with Gasteiger partial charge in [0, 0.05) is 30.2 Å². The number of rotatable bonds is 5. The quantitative estimate of drug-likeness (QED) is 0.746. The van der Waals surface area contributed by atoms with Crippen molar-refractivity contribution >= 4 is 17.1 Å². The van der Waals surface area contributed by atoms with E-state index in [1.165, 1.54) is 0 Å². The maximum atomic E-state index is 12.0. The fourth-order valence-corrected chi connectivity index (χ4v) is 2.34. The topological polar surface area (TPSA) is 34.9 Å². The van der Waals surface area contributed by atoms with Crippen LogP contribution in [0.2, 0.25) is 0 Å². The zero-order valence-corrected chi connectivity index (χ0v) is 10.0. The summed E-state index contributed by atoms with van der Waals surface area (Å²) in [4.78, 5) is 17.2. The zero-order chi connectivity index (χ0) is 11.4. The molecule has 0 aromatic carbocycles. The Labute approximate surface area is 98.8 Å². The SMILES string of the molecule is CCCn1ccnc1C(=O)Cc1cccs1. The number of hydrogen-bond donors (Lipinski definition) is 0. The molecule has 3 nitrogen and oxygen atoms in total. The molecule has 0 aliphatic carbocycles. The van der Waals surface area contributed by atoms with Crippen molar-refractivity contribution in [3.63, 3.8) is 0 Å². The predicted molar refractivity (Wildman–Crippen MR) is 64.9 cm³/mol. The molecule has 2 aromatic heterocycles. The summed E-state index contributed by atoms with van der Waals surface area (Å²) in [5, 5.41) is 1.99. The molecule has 0 aliphatic rings. The van der Waals surface area contributed by atoms with Crippen LogP contribution in [0, 0.1) is 0 Å². The van der Waals surface area contributed by atoms with Crippen molar-refractivity contribution in [2.24, 2.45) is 0 Å². The van der Waals surface area contributed by atoms with Gasteiger partial charge in [-0.2, -0.15) is 0 Å². The second-order valence-electron chi connectivity index (χ2n) is 3.62. The van der Waals surface area contributed by atoms with Gasteiger partial charge in [-0.25, -0.2) is 4.98 Å². The Morgan fingerprint density at radius 3 is 3.12 bits per heavy atom. The van der Waals surface area contributed by atoms with Crippen molar-refractivity contribution in [1.29, 1.82) is 0 Å². The van der Waals surface area contributed by atoms with E-state index < -0.39 is 0 Å². The number of aryl methyl sites for hydroxylation is 1. The molecule has 4 heteroatoms. The number of carbonyl (C=O) groups excluding carboxylic acids is 1. The van der Waals surface area contributed by atoms with Crippen LogP contribution in [0.25, 0.3) is 0 Å². The lowest BCUT2D eigenvalue weighted by molar-refractivity contribution is 0.0979. The monoisotopic (exact) mass is 234 g/mol. The van der Waals surface area contributed by atoms with Gasteiger partial charge in [0.2, 0.25) is 5.78 Å². The largest absolute Gasteiger partial charge is 0.329 e. The molecule has 0 amide bonds. The van der Waals surface area contributed by atoms with Crippen molar-refractivity contribution in [2.75, 3.05) is 0 Å². The standard InChI is InChI=1S/C12H14N2OS/c1-2-6-14-7-5-13-12(14)11(15)9-10-4-3-8-16-10/h3-5,7-8H,2,6,9H2,1H3. The van der Waals surface area contributed by atoms with Crippen molar-refractivity contribution in [1.82, 2.24) is 9.55 Å². The van der Waals surface area contributed by atoms with Gasteiger partial charge >= 0.3 is 0 Å². The third kappa shape index (κ3) is 2.39. The summed E-state index contributed by atoms with van der Waals surface area (Å²) in [6, 6.07) is 3.95. The summed E-state index contributed by atoms with van der Waals surface area (Å²) in [6.07, 6.45) is 5.02. The van der Waals surface area contributed by atoms with Crippen LogP contribution in [-0.4, -0.2) is 15.3 Å². The van der Waals surface area contributed by atoms with Crippen molar-refractivity contribution in [2.45, 2.75) is 26.3 Å². The minimum atomic E-state index is 0.0981. The first-order valence-corrected chi connectivity index (χ1v) is 6.26. The fourth-order valence-electron chi connectivity index (χ4n) is 1.63. The number of imidazole rings is 1. The average Bonchev–Trinajstić information content (AvgIpc) is 2.89. The summed E-state index contributed by atoms with van der Waals surface area (Å²) in [7, 11) is 0. The number of carbonyl (C=O) groups is 1. The fraction of sp³-hybridized carbons (Fsp3) is 0.333. The lowest BCUT2D eigenvalue weighted by Crippen LogP contribution is -2.11. The first-order valence-electron chi connectivity index (χ1n) is 5.38. The van der Waals surface area contributed by atoms with Crippen molar-refractivity contribution in [3.05, 3.63) is 40.6 Å². The second kappa shape index (κ2) is 5.07. The van der Waals surface area contributed by atoms with Crippen LogP contribution in [0.4, 0.5) is 0 Å². The molecular weight excluding hydrogens is 220 g/mol. The average molecular weight is 234 g/mol. The summed E-state index contributed by atoms with van der Waals surface area (Å²) in [5.74, 6) is 0.677. The molecule has 0 radical (unpaired) electrons. The van der Waals surface area contributed by atoms with Crippen molar-refractivity contribution in [3.8, 4) is 0 Å². The minimum absolute atomic E-state index is 0.0981. The Kier molecular flexibility index (Phi) is 3.51. The van der Waals surface area contributed by atoms with E-state index in [1.54, 1.807) is 17.5 Å². The molecule has 0 bridgehead atoms. The van der Waals surface area contributed by atoms with Crippen LogP contribution in [0.1, 0.15) is 28.8 Å². The molecule has 2 heterocycles. The predicted octanol–water partition coefficient (Wildman–Crippen LogP) is 2.78. The van der Waals surface area contributed by atoms with Gasteiger partial charge in [0.15, 0.2) is 5.82 Å². The number of hydrogen-bond acceptors (Lipinski definition) is 3. The molecule has 0 atom stereocenters. The van der Waals surface area contributed by atoms with E-state index in [4.69, 9.17) is 0 Å². The summed E-state index contributed by atoms with van der Waals surface area (Å²) < 4.78 is 1.93. The van der Waals surface area contributed by atoms with E-state index in [-0.39, 0.29) is 5.78 Å². The Bertz CT molecular complexity index is 459. The summed E-state index contributed by atoms with van der Waals surface area (Å²) in [5.41, 5.74) is 0. The van der Waals surface area contributed by atoms with E-state index in [2.05, 4.69) is 11.9 Å². The van der Waals surface area contributed by atoms with Crippen LogP contribution in [0.5, 0.6) is 0 Å². The lowest BCUT2D eigenvalue weighted by atomic mass is 10.2. The highest BCUT2D eigenvalue weighted by molar-refractivity contribution is 7.10. The number of aromatic nitrogens is 2. The molecule has 16 heavy (non-hydrogen) atoms. The van der Waals surface area contributed by atoms with Crippen LogP contribution >= 0.6 is 11.3 Å². The van der Waals surface area contributed by atoms with Gasteiger partial charge in [-0.05, 0) is 17.9 Å². The maximum absolute atomic E-state index is 12.0. The normalized spacial score (nSPS) is 10.6. The van der Waals surface area contributed by atoms with Gasteiger partial charge < -0.3 is 4.57 Å². The smallest absolute Gasteiger partial charge is 0.203 e. The first kappa shape index (κ1) is 11.1. The number of thiophene rings is 1. The molecule has 2 aromatic rings. The van der Waals surface area contributed by atoms with E-state index in [9.17, 15) is 4.79 Å². The molecule has 0 spiro atoms. The highest BCUT2D eigenvalue weighted by Crippen LogP contribution is 2.12. The van der Waals surface area contributed by atoms with Crippen molar-refractivity contribution < 1.29 is 4.79 Å². The number of ketones is 1. The zero-order valence-electron chi connectivity index (χ0n) is 9.22. The Morgan fingerprint density at radius 2 is 2.44 bits per heavy atom. The summed E-state index contributed by atoms with van der Waals surface area (Å²) >= 11 is 1.61. The molecule has 0 unspecified atom stereocenters. The van der Waals surface area contributed by atoms with E-state index in [1.807, 2.05) is 28.3 Å². The molecule has 0 saturated carbocycles. The first-order chi connectivity index (χ1) is 7.81. The number of Topliss-reactive ketones (excluding diaryl/α,β-unsaturated/α-hetero) is 1. The lowest BCUT2D eigenvalue weighted by Gasteiger charge is -2.04. The third-order valence-corrected chi connectivity index (χ3v) is 3.22. The highest BCUT2D eigenvalue weighted by Gasteiger charge is 2.13. The third-order valence-electron chi connectivity index (χ3n) is 2.34.